The first kappa shape index (κ1) is 18.2. The van der Waals surface area contributed by atoms with Gasteiger partial charge in [0.2, 0.25) is 0 Å². The molecule has 0 aromatic heterocycles. The summed E-state index contributed by atoms with van der Waals surface area (Å²) in [6.45, 7) is 8.69. The third-order valence-electron chi connectivity index (χ3n) is 5.70. The second kappa shape index (κ2) is 8.19. The van der Waals surface area contributed by atoms with Crippen molar-refractivity contribution in [1.82, 2.24) is 14.7 Å². The molecule has 0 bridgehead atoms. The van der Waals surface area contributed by atoms with Gasteiger partial charge in [0.1, 0.15) is 5.75 Å². The van der Waals surface area contributed by atoms with Crippen LogP contribution < -0.4 is 4.74 Å². The first-order chi connectivity index (χ1) is 12.1. The molecule has 1 aromatic rings. The predicted molar refractivity (Wildman–Crippen MR) is 100 cm³/mol. The largest absolute Gasteiger partial charge is 0.496 e. The van der Waals surface area contributed by atoms with Gasteiger partial charge in [-0.05, 0) is 44.9 Å². The summed E-state index contributed by atoms with van der Waals surface area (Å²) < 4.78 is 5.34. The molecule has 0 N–H and O–H groups in total. The molecular formula is C20H31N3O2. The fourth-order valence-corrected chi connectivity index (χ4v) is 4.09. The van der Waals surface area contributed by atoms with E-state index in [0.29, 0.717) is 23.3 Å². The Labute approximate surface area is 151 Å². The second-order valence-corrected chi connectivity index (χ2v) is 7.54. The standard InChI is InChI=1S/C20H31N3O2/c1-16-14-21(2)12-13-23(16)15-17-8-10-22(11-9-17)20(24)18-6-4-5-7-19(18)25-3/h4-7,16-17H,8-15H2,1-3H3. The SMILES string of the molecule is COc1ccccc1C(=O)N1CCC(CN2CCN(C)CC2C)CC1. The molecule has 138 valence electrons. The number of benzene rings is 1. The van der Waals surface area contributed by atoms with Crippen LogP contribution in [0.3, 0.4) is 0 Å². The van der Waals surface area contributed by atoms with Gasteiger partial charge in [-0.15, -0.1) is 0 Å². The number of carbonyl (C=O) groups is 1. The van der Waals surface area contributed by atoms with Crippen molar-refractivity contribution >= 4 is 5.91 Å². The van der Waals surface area contributed by atoms with Crippen molar-refractivity contribution in [2.75, 3.05) is 53.4 Å². The Bertz CT molecular complexity index is 584. The molecule has 1 unspecified atom stereocenters. The number of carbonyl (C=O) groups excluding carboxylic acids is 1. The average Bonchev–Trinajstić information content (AvgIpc) is 2.64. The van der Waals surface area contributed by atoms with Gasteiger partial charge in [-0.2, -0.15) is 0 Å². The molecule has 0 saturated carbocycles. The van der Waals surface area contributed by atoms with E-state index in [2.05, 4.69) is 23.8 Å². The fraction of sp³-hybridized carbons (Fsp3) is 0.650. The lowest BCUT2D eigenvalue weighted by Gasteiger charge is -2.41. The van der Waals surface area contributed by atoms with Gasteiger partial charge in [0.25, 0.3) is 5.91 Å². The Balaban J connectivity index is 1.52. The minimum atomic E-state index is 0.101. The number of rotatable bonds is 4. The number of para-hydroxylation sites is 1. The van der Waals surface area contributed by atoms with Crippen LogP contribution in [-0.4, -0.2) is 80.1 Å². The molecule has 2 aliphatic rings. The summed E-state index contributed by atoms with van der Waals surface area (Å²) in [6.07, 6.45) is 2.19. The number of amides is 1. The molecule has 2 fully saturated rings. The zero-order chi connectivity index (χ0) is 17.8. The summed E-state index contributed by atoms with van der Waals surface area (Å²) in [4.78, 5) is 19.8. The molecule has 0 radical (unpaired) electrons. The highest BCUT2D eigenvalue weighted by Crippen LogP contribution is 2.25. The van der Waals surface area contributed by atoms with E-state index in [-0.39, 0.29) is 5.91 Å². The molecule has 2 saturated heterocycles. The fourth-order valence-electron chi connectivity index (χ4n) is 4.09. The summed E-state index contributed by atoms with van der Waals surface area (Å²) in [7, 11) is 3.82. The number of hydrogen-bond donors (Lipinski definition) is 0. The van der Waals surface area contributed by atoms with E-state index in [0.717, 1.165) is 45.6 Å². The van der Waals surface area contributed by atoms with Crippen molar-refractivity contribution in [3.8, 4) is 5.75 Å². The quantitative estimate of drug-likeness (QED) is 0.838. The molecule has 1 amide bonds. The van der Waals surface area contributed by atoms with Crippen LogP contribution in [0.25, 0.3) is 0 Å². The van der Waals surface area contributed by atoms with Crippen LogP contribution in [0.4, 0.5) is 0 Å². The van der Waals surface area contributed by atoms with Gasteiger partial charge in [0.05, 0.1) is 12.7 Å². The maximum Gasteiger partial charge on any atom is 0.257 e. The van der Waals surface area contributed by atoms with E-state index in [1.165, 1.54) is 6.54 Å². The lowest BCUT2D eigenvalue weighted by molar-refractivity contribution is 0.0554. The van der Waals surface area contributed by atoms with Gasteiger partial charge in [0.15, 0.2) is 0 Å². The summed E-state index contributed by atoms with van der Waals surface area (Å²) in [5.74, 6) is 1.47. The van der Waals surface area contributed by atoms with Crippen molar-refractivity contribution in [3.05, 3.63) is 29.8 Å². The zero-order valence-electron chi connectivity index (χ0n) is 15.8. The van der Waals surface area contributed by atoms with E-state index >= 15 is 0 Å². The Kier molecular flexibility index (Phi) is 5.97. The smallest absolute Gasteiger partial charge is 0.257 e. The average molecular weight is 345 g/mol. The van der Waals surface area contributed by atoms with Gasteiger partial charge >= 0.3 is 0 Å². The van der Waals surface area contributed by atoms with Crippen LogP contribution in [-0.2, 0) is 0 Å². The summed E-state index contributed by atoms with van der Waals surface area (Å²) >= 11 is 0. The minimum absolute atomic E-state index is 0.101. The van der Waals surface area contributed by atoms with Crippen LogP contribution in [0.2, 0.25) is 0 Å². The topological polar surface area (TPSA) is 36.0 Å². The van der Waals surface area contributed by atoms with Gasteiger partial charge in [-0.1, -0.05) is 12.1 Å². The number of piperazine rings is 1. The molecule has 1 aromatic carbocycles. The maximum atomic E-state index is 12.8. The zero-order valence-corrected chi connectivity index (χ0v) is 15.8. The molecule has 0 spiro atoms. The predicted octanol–water partition coefficient (Wildman–Crippen LogP) is 2.18. The first-order valence-electron chi connectivity index (χ1n) is 9.43. The maximum absolute atomic E-state index is 12.8. The molecule has 25 heavy (non-hydrogen) atoms. The van der Waals surface area contributed by atoms with Crippen LogP contribution in [0, 0.1) is 5.92 Å². The Morgan fingerprint density at radius 3 is 2.56 bits per heavy atom. The molecule has 5 nitrogen and oxygen atoms in total. The van der Waals surface area contributed by atoms with Crippen LogP contribution >= 0.6 is 0 Å². The Hall–Kier alpha value is -1.59. The minimum Gasteiger partial charge on any atom is -0.496 e. The number of nitrogens with zero attached hydrogens (tertiary/aromatic N) is 3. The molecular weight excluding hydrogens is 314 g/mol. The number of ether oxygens (including phenoxy) is 1. The van der Waals surface area contributed by atoms with Gasteiger partial charge in [-0.3, -0.25) is 9.69 Å². The molecule has 3 rings (SSSR count). The number of piperidine rings is 1. The van der Waals surface area contributed by atoms with E-state index < -0.39 is 0 Å². The molecule has 2 aliphatic heterocycles. The number of hydrogen-bond acceptors (Lipinski definition) is 4. The highest BCUT2D eigenvalue weighted by Gasteiger charge is 2.28. The number of methoxy groups -OCH3 is 1. The van der Waals surface area contributed by atoms with Gasteiger partial charge in [0, 0.05) is 45.3 Å². The van der Waals surface area contributed by atoms with Crippen molar-refractivity contribution in [2.45, 2.75) is 25.8 Å². The van der Waals surface area contributed by atoms with E-state index in [1.54, 1.807) is 7.11 Å². The molecule has 0 aliphatic carbocycles. The van der Waals surface area contributed by atoms with Crippen molar-refractivity contribution in [3.63, 3.8) is 0 Å². The summed E-state index contributed by atoms with van der Waals surface area (Å²) in [6, 6.07) is 8.15. The third kappa shape index (κ3) is 4.33. The first-order valence-corrected chi connectivity index (χ1v) is 9.43. The molecule has 1 atom stereocenters. The molecule has 2 heterocycles. The Morgan fingerprint density at radius 1 is 1.16 bits per heavy atom. The highest BCUT2D eigenvalue weighted by atomic mass is 16.5. The highest BCUT2D eigenvalue weighted by molar-refractivity contribution is 5.97. The second-order valence-electron chi connectivity index (χ2n) is 7.54. The summed E-state index contributed by atoms with van der Waals surface area (Å²) in [5, 5.41) is 0. The molecule has 5 heteroatoms. The Morgan fingerprint density at radius 2 is 1.88 bits per heavy atom. The van der Waals surface area contributed by atoms with Crippen LogP contribution in [0.5, 0.6) is 5.75 Å². The lowest BCUT2D eigenvalue weighted by Crippen LogP contribution is -2.52. The van der Waals surface area contributed by atoms with E-state index in [4.69, 9.17) is 4.74 Å². The van der Waals surface area contributed by atoms with Crippen molar-refractivity contribution in [2.24, 2.45) is 5.92 Å². The lowest BCUT2D eigenvalue weighted by atomic mass is 9.94. The van der Waals surface area contributed by atoms with Gasteiger partial charge < -0.3 is 14.5 Å². The number of likely N-dealkylation sites (tertiary alicyclic amines) is 1. The van der Waals surface area contributed by atoms with E-state index in [9.17, 15) is 4.79 Å². The van der Waals surface area contributed by atoms with E-state index in [1.807, 2.05) is 29.2 Å². The summed E-state index contributed by atoms with van der Waals surface area (Å²) in [5.41, 5.74) is 0.677. The van der Waals surface area contributed by atoms with Crippen molar-refractivity contribution in [1.29, 1.82) is 0 Å². The number of likely N-dealkylation sites (N-methyl/N-ethyl adjacent to an activating group) is 1. The third-order valence-corrected chi connectivity index (χ3v) is 5.70. The van der Waals surface area contributed by atoms with Crippen LogP contribution in [0.15, 0.2) is 24.3 Å². The van der Waals surface area contributed by atoms with Gasteiger partial charge in [-0.25, -0.2) is 0 Å². The van der Waals surface area contributed by atoms with Crippen LogP contribution in [0.1, 0.15) is 30.1 Å². The normalized spacial score (nSPS) is 23.6. The van der Waals surface area contributed by atoms with Crippen molar-refractivity contribution < 1.29 is 9.53 Å². The monoisotopic (exact) mass is 345 g/mol.